The Labute approximate surface area is 197 Å². The highest BCUT2D eigenvalue weighted by Crippen LogP contribution is 2.33. The number of hydrogen-bond donors (Lipinski definition) is 1. The minimum atomic E-state index is -0.389. The molecule has 1 aliphatic heterocycles. The normalized spacial score (nSPS) is 13.6. The van der Waals surface area contributed by atoms with Gasteiger partial charge in [-0.2, -0.15) is 0 Å². The van der Waals surface area contributed by atoms with Gasteiger partial charge in [0, 0.05) is 23.1 Å². The maximum Gasteiger partial charge on any atom is 0.278 e. The minimum Gasteiger partial charge on any atom is -0.494 e. The Bertz CT molecular complexity index is 1210. The molecule has 1 aliphatic rings. The van der Waals surface area contributed by atoms with Crippen LogP contribution in [-0.2, 0) is 16.1 Å². The van der Waals surface area contributed by atoms with Crippen molar-refractivity contribution in [3.05, 3.63) is 94.4 Å². The van der Waals surface area contributed by atoms with Crippen LogP contribution in [0.2, 0.25) is 5.02 Å². The quantitative estimate of drug-likeness (QED) is 0.465. The number of halogens is 1. The van der Waals surface area contributed by atoms with E-state index in [-0.39, 0.29) is 24.1 Å². The van der Waals surface area contributed by atoms with Crippen LogP contribution in [0, 0.1) is 6.92 Å². The van der Waals surface area contributed by atoms with Crippen LogP contribution in [0.15, 0.2) is 72.7 Å². The fourth-order valence-corrected chi connectivity index (χ4v) is 3.84. The summed E-state index contributed by atoms with van der Waals surface area (Å²) in [4.78, 5) is 32.2. The number of pyridine rings is 1. The van der Waals surface area contributed by atoms with E-state index in [1.807, 2.05) is 32.0 Å². The fourth-order valence-electron chi connectivity index (χ4n) is 3.62. The summed E-state index contributed by atoms with van der Waals surface area (Å²) in [6.07, 6.45) is 4.20. The molecule has 1 N–H and O–H groups in total. The Morgan fingerprint density at radius 1 is 1.06 bits per heavy atom. The zero-order valence-electron chi connectivity index (χ0n) is 18.5. The summed E-state index contributed by atoms with van der Waals surface area (Å²) in [5.74, 6) is -0.0343. The van der Waals surface area contributed by atoms with Crippen LogP contribution < -0.4 is 10.1 Å². The first-order chi connectivity index (χ1) is 16.0. The van der Waals surface area contributed by atoms with Crippen LogP contribution in [-0.4, -0.2) is 28.3 Å². The lowest BCUT2D eigenvalue weighted by Gasteiger charge is -2.15. The lowest BCUT2D eigenvalue weighted by atomic mass is 10.0. The van der Waals surface area contributed by atoms with Crippen LogP contribution in [0.3, 0.4) is 0 Å². The van der Waals surface area contributed by atoms with Crippen molar-refractivity contribution in [2.45, 2.75) is 26.8 Å². The van der Waals surface area contributed by atoms with E-state index in [4.69, 9.17) is 16.3 Å². The van der Waals surface area contributed by atoms with Gasteiger partial charge < -0.3 is 10.1 Å². The van der Waals surface area contributed by atoms with Crippen molar-refractivity contribution >= 4 is 34.7 Å². The number of rotatable bonds is 8. The number of imide groups is 1. The summed E-state index contributed by atoms with van der Waals surface area (Å²) < 4.78 is 5.66. The number of nitrogens with zero attached hydrogens (tertiary/aromatic N) is 2. The molecule has 0 fully saturated rings. The summed E-state index contributed by atoms with van der Waals surface area (Å²) in [5, 5.41) is 3.79. The average molecular weight is 462 g/mol. The molecular weight excluding hydrogens is 438 g/mol. The molecule has 2 amide bonds. The number of benzene rings is 2. The topological polar surface area (TPSA) is 71.5 Å². The van der Waals surface area contributed by atoms with Gasteiger partial charge in [-0.3, -0.25) is 19.5 Å². The molecule has 0 spiro atoms. The third kappa shape index (κ3) is 4.91. The van der Waals surface area contributed by atoms with Gasteiger partial charge in [-0.15, -0.1) is 0 Å². The average Bonchev–Trinajstić information content (AvgIpc) is 3.04. The number of carbonyl (C=O) groups is 2. The van der Waals surface area contributed by atoms with Gasteiger partial charge in [0.05, 0.1) is 18.7 Å². The van der Waals surface area contributed by atoms with Gasteiger partial charge in [0.15, 0.2) is 0 Å². The maximum atomic E-state index is 13.5. The van der Waals surface area contributed by atoms with Crippen LogP contribution in [0.25, 0.3) is 5.57 Å². The van der Waals surface area contributed by atoms with Gasteiger partial charge >= 0.3 is 0 Å². The zero-order chi connectivity index (χ0) is 23.4. The van der Waals surface area contributed by atoms with Crippen molar-refractivity contribution in [3.63, 3.8) is 0 Å². The summed E-state index contributed by atoms with van der Waals surface area (Å²) in [7, 11) is 0. The molecule has 3 aromatic rings. The number of aromatic nitrogens is 1. The van der Waals surface area contributed by atoms with E-state index in [1.165, 1.54) is 4.90 Å². The Morgan fingerprint density at radius 2 is 1.85 bits per heavy atom. The predicted molar refractivity (Wildman–Crippen MR) is 129 cm³/mol. The molecule has 7 heteroatoms. The summed E-state index contributed by atoms with van der Waals surface area (Å²) in [6, 6.07) is 16.2. The van der Waals surface area contributed by atoms with Crippen molar-refractivity contribution < 1.29 is 14.3 Å². The molecule has 4 rings (SSSR count). The number of carbonyl (C=O) groups excluding carboxylic acids is 2. The highest BCUT2D eigenvalue weighted by molar-refractivity contribution is 6.36. The number of aryl methyl sites for hydroxylation is 1. The molecule has 33 heavy (non-hydrogen) atoms. The van der Waals surface area contributed by atoms with E-state index >= 15 is 0 Å². The summed E-state index contributed by atoms with van der Waals surface area (Å²) in [6.45, 7) is 4.68. The first kappa shape index (κ1) is 22.6. The number of ether oxygens (including phenoxy) is 1. The Balaban J connectivity index is 1.72. The zero-order valence-corrected chi connectivity index (χ0v) is 19.2. The fraction of sp³-hybridized carbons (Fsp3) is 0.192. The second kappa shape index (κ2) is 9.88. The second-order valence-electron chi connectivity index (χ2n) is 7.76. The van der Waals surface area contributed by atoms with Crippen molar-refractivity contribution in [2.24, 2.45) is 0 Å². The molecule has 2 heterocycles. The van der Waals surface area contributed by atoms with Crippen LogP contribution in [0.5, 0.6) is 5.75 Å². The molecule has 1 aromatic heterocycles. The molecule has 0 atom stereocenters. The Kier molecular flexibility index (Phi) is 6.75. The number of anilines is 1. The molecule has 0 radical (unpaired) electrons. The van der Waals surface area contributed by atoms with Gasteiger partial charge in [0.2, 0.25) is 0 Å². The van der Waals surface area contributed by atoms with E-state index in [0.717, 1.165) is 17.5 Å². The molecular formula is C26H24ClN3O3. The third-order valence-corrected chi connectivity index (χ3v) is 5.53. The lowest BCUT2D eigenvalue weighted by Crippen LogP contribution is -2.32. The Morgan fingerprint density at radius 3 is 2.52 bits per heavy atom. The standard InChI is InChI=1S/C26H24ClN3O3/c1-3-13-33-21-9-6-19(7-10-21)23-24(29-22-11-8-20(27)14-17(22)2)26(32)30(25(23)31)16-18-5-4-12-28-15-18/h4-12,14-15,29H,3,13,16H2,1-2H3. The van der Waals surface area contributed by atoms with Crippen LogP contribution >= 0.6 is 11.6 Å². The highest BCUT2D eigenvalue weighted by atomic mass is 35.5. The first-order valence-electron chi connectivity index (χ1n) is 10.7. The van der Waals surface area contributed by atoms with Crippen molar-refractivity contribution in [2.75, 3.05) is 11.9 Å². The third-order valence-electron chi connectivity index (χ3n) is 5.30. The maximum absolute atomic E-state index is 13.5. The van der Waals surface area contributed by atoms with Gasteiger partial charge in [-0.05, 0) is 66.4 Å². The number of nitrogens with one attached hydrogen (secondary N) is 1. The minimum absolute atomic E-state index is 0.136. The van der Waals surface area contributed by atoms with E-state index in [0.29, 0.717) is 34.2 Å². The summed E-state index contributed by atoms with van der Waals surface area (Å²) in [5.41, 5.74) is 3.53. The van der Waals surface area contributed by atoms with E-state index < -0.39 is 0 Å². The summed E-state index contributed by atoms with van der Waals surface area (Å²) >= 11 is 6.09. The van der Waals surface area contributed by atoms with E-state index in [1.54, 1.807) is 48.8 Å². The lowest BCUT2D eigenvalue weighted by molar-refractivity contribution is -0.137. The van der Waals surface area contributed by atoms with Gasteiger partial charge in [-0.1, -0.05) is 36.7 Å². The van der Waals surface area contributed by atoms with Gasteiger partial charge in [0.25, 0.3) is 11.8 Å². The van der Waals surface area contributed by atoms with Gasteiger partial charge in [-0.25, -0.2) is 0 Å². The molecule has 0 aliphatic carbocycles. The SMILES string of the molecule is CCCOc1ccc(C2=C(Nc3ccc(Cl)cc3C)C(=O)N(Cc3cccnc3)C2=O)cc1. The second-order valence-corrected chi connectivity index (χ2v) is 8.20. The van der Waals surface area contributed by atoms with E-state index in [9.17, 15) is 9.59 Å². The molecule has 2 aromatic carbocycles. The van der Waals surface area contributed by atoms with Gasteiger partial charge in [0.1, 0.15) is 11.4 Å². The smallest absolute Gasteiger partial charge is 0.278 e. The monoisotopic (exact) mass is 461 g/mol. The molecule has 0 bridgehead atoms. The number of amides is 2. The molecule has 0 saturated heterocycles. The van der Waals surface area contributed by atoms with Crippen LogP contribution in [0.4, 0.5) is 5.69 Å². The van der Waals surface area contributed by atoms with E-state index in [2.05, 4.69) is 10.3 Å². The van der Waals surface area contributed by atoms with Crippen molar-refractivity contribution in [1.29, 1.82) is 0 Å². The molecule has 168 valence electrons. The van der Waals surface area contributed by atoms with Crippen molar-refractivity contribution in [3.8, 4) is 5.75 Å². The first-order valence-corrected chi connectivity index (χ1v) is 11.1. The highest BCUT2D eigenvalue weighted by Gasteiger charge is 2.39. The molecule has 0 unspecified atom stereocenters. The molecule has 6 nitrogen and oxygen atoms in total. The van der Waals surface area contributed by atoms with Crippen molar-refractivity contribution in [1.82, 2.24) is 9.88 Å². The largest absolute Gasteiger partial charge is 0.494 e. The Hall–Kier alpha value is -3.64. The van der Waals surface area contributed by atoms with Crippen LogP contribution in [0.1, 0.15) is 30.0 Å². The molecule has 0 saturated carbocycles. The number of hydrogen-bond acceptors (Lipinski definition) is 5. The predicted octanol–water partition coefficient (Wildman–Crippen LogP) is 5.22.